The third-order valence-electron chi connectivity index (χ3n) is 9.12. The lowest BCUT2D eigenvalue weighted by Crippen LogP contribution is -2.54. The maximum absolute atomic E-state index is 13.2. The first-order valence-electron chi connectivity index (χ1n) is 17.4. The van der Waals surface area contributed by atoms with Gasteiger partial charge in [-0.05, 0) is 55.7 Å². The number of imide groups is 2. The first-order valence-corrected chi connectivity index (χ1v) is 17.4. The third-order valence-corrected chi connectivity index (χ3v) is 9.12. The topological polar surface area (TPSA) is 219 Å². The van der Waals surface area contributed by atoms with E-state index in [2.05, 4.69) is 30.9 Å². The molecule has 1 saturated heterocycles. The first kappa shape index (κ1) is 35.5. The van der Waals surface area contributed by atoms with Gasteiger partial charge in [-0.1, -0.05) is 6.07 Å². The third kappa shape index (κ3) is 7.50. The van der Waals surface area contributed by atoms with Gasteiger partial charge in [0.15, 0.2) is 11.5 Å². The van der Waals surface area contributed by atoms with Gasteiger partial charge < -0.3 is 30.4 Å². The van der Waals surface area contributed by atoms with Crippen molar-refractivity contribution in [1.29, 1.82) is 0 Å². The van der Waals surface area contributed by atoms with Gasteiger partial charge in [-0.3, -0.25) is 39.2 Å². The number of likely N-dealkylation sites (N-methyl/N-ethyl adjacent to an activating group) is 1. The van der Waals surface area contributed by atoms with Gasteiger partial charge in [-0.15, -0.1) is 0 Å². The van der Waals surface area contributed by atoms with Gasteiger partial charge in [-0.2, -0.15) is 0 Å². The number of hydrogen-bond donors (Lipinski definition) is 4. The number of imidazole rings is 1. The average Bonchev–Trinajstić information content (AvgIpc) is 3.74. The fraction of sp³-hybridized carbons (Fsp3) is 0.270. The molecular weight excluding hydrogens is 694 g/mol. The molecule has 1 atom stereocenters. The Balaban J connectivity index is 0.844. The number of unbranched alkanes of at least 4 members (excludes halogenated alkanes) is 1. The lowest BCUT2D eigenvalue weighted by Gasteiger charge is -2.27. The smallest absolute Gasteiger partial charge is 0.266 e. The van der Waals surface area contributed by atoms with Crippen LogP contribution in [0.25, 0.3) is 17.0 Å². The number of piperidine rings is 1. The van der Waals surface area contributed by atoms with E-state index in [1.165, 1.54) is 12.3 Å². The number of benzene rings is 2. The van der Waals surface area contributed by atoms with Gasteiger partial charge >= 0.3 is 0 Å². The minimum Gasteiger partial charge on any atom is -0.493 e. The largest absolute Gasteiger partial charge is 0.493 e. The van der Waals surface area contributed by atoms with Crippen LogP contribution in [-0.4, -0.2) is 91.6 Å². The van der Waals surface area contributed by atoms with Crippen molar-refractivity contribution in [3.05, 3.63) is 84.6 Å². The Morgan fingerprint density at radius 3 is 2.67 bits per heavy atom. The zero-order chi connectivity index (χ0) is 37.8. The van der Waals surface area contributed by atoms with E-state index in [1.807, 2.05) is 53.0 Å². The molecule has 7 rings (SSSR count). The highest BCUT2D eigenvalue weighted by Crippen LogP contribution is 2.34. The standard InChI is InChI=1S/C37H37N11O6/c1-46(23-10-8-22(9-11-23)42-33-34-41-15-17-47(34)21-26(44-33)25-19-39-20-29(38)43-25)16-14-40-30(49)7-2-3-18-54-28-6-4-5-24-32(28)37(53)48(36(24)52)27-12-13-31(50)45-35(27)51/h4-6,8-11,15,17,19-21,27H,2-3,7,12-14,16,18H2,1H3,(H2,38,43)(H,40,49)(H,42,44)(H,45,50,51). The van der Waals surface area contributed by atoms with Gasteiger partial charge in [0.05, 0.1) is 30.1 Å². The second kappa shape index (κ2) is 15.4. The Kier molecular flexibility index (Phi) is 10.1. The number of hydrogen-bond acceptors (Lipinski definition) is 13. The summed E-state index contributed by atoms with van der Waals surface area (Å²) in [5, 5.41) is 8.48. The maximum Gasteiger partial charge on any atom is 0.266 e. The minimum atomic E-state index is -1.05. The minimum absolute atomic E-state index is 0.0411. The van der Waals surface area contributed by atoms with Crippen molar-refractivity contribution in [2.24, 2.45) is 0 Å². The summed E-state index contributed by atoms with van der Waals surface area (Å²) in [6, 6.07) is 11.5. The van der Waals surface area contributed by atoms with Crippen LogP contribution >= 0.6 is 0 Å². The number of anilines is 4. The number of fused-ring (bicyclic) bond motifs is 2. The van der Waals surface area contributed by atoms with Crippen LogP contribution in [0.4, 0.5) is 23.0 Å². The van der Waals surface area contributed by atoms with E-state index in [1.54, 1.807) is 24.5 Å². The van der Waals surface area contributed by atoms with Crippen molar-refractivity contribution in [3.8, 4) is 17.1 Å². The highest BCUT2D eigenvalue weighted by molar-refractivity contribution is 6.24. The lowest BCUT2D eigenvalue weighted by molar-refractivity contribution is -0.136. The summed E-state index contributed by atoms with van der Waals surface area (Å²) in [7, 11) is 1.94. The zero-order valence-electron chi connectivity index (χ0n) is 29.3. The van der Waals surface area contributed by atoms with Gasteiger partial charge in [-0.25, -0.2) is 15.0 Å². The van der Waals surface area contributed by atoms with E-state index in [9.17, 15) is 24.0 Å². The molecule has 5 amide bonds. The Labute approximate surface area is 308 Å². The van der Waals surface area contributed by atoms with E-state index in [-0.39, 0.29) is 42.2 Å². The summed E-state index contributed by atoms with van der Waals surface area (Å²) in [4.78, 5) is 83.3. The molecule has 0 bridgehead atoms. The fourth-order valence-electron chi connectivity index (χ4n) is 6.33. The van der Waals surface area contributed by atoms with E-state index in [0.29, 0.717) is 61.0 Å². The first-order chi connectivity index (χ1) is 26.2. The van der Waals surface area contributed by atoms with Gasteiger partial charge in [0.1, 0.15) is 29.0 Å². The molecule has 5 N–H and O–H groups in total. The number of ether oxygens (including phenoxy) is 1. The lowest BCUT2D eigenvalue weighted by atomic mass is 10.0. The molecule has 17 nitrogen and oxygen atoms in total. The Bertz CT molecular complexity index is 2260. The predicted octanol–water partition coefficient (Wildman–Crippen LogP) is 2.71. The van der Waals surface area contributed by atoms with Crippen molar-refractivity contribution < 1.29 is 28.7 Å². The van der Waals surface area contributed by atoms with Crippen LogP contribution in [-0.2, 0) is 14.4 Å². The number of carbonyl (C=O) groups is 5. The number of nitrogen functional groups attached to an aromatic ring is 1. The molecule has 5 aromatic rings. The molecule has 54 heavy (non-hydrogen) atoms. The van der Waals surface area contributed by atoms with Gasteiger partial charge in [0.25, 0.3) is 11.8 Å². The average molecular weight is 732 g/mol. The van der Waals surface area contributed by atoms with Crippen LogP contribution in [0.2, 0.25) is 0 Å². The Hall–Kier alpha value is -6.91. The number of nitrogens with two attached hydrogens (primary N) is 1. The molecule has 5 heterocycles. The maximum atomic E-state index is 13.2. The van der Waals surface area contributed by atoms with Crippen LogP contribution < -0.4 is 31.3 Å². The summed E-state index contributed by atoms with van der Waals surface area (Å²) in [5.41, 5.74) is 9.62. The summed E-state index contributed by atoms with van der Waals surface area (Å²) < 4.78 is 7.71. The van der Waals surface area contributed by atoms with Crippen molar-refractivity contribution in [3.63, 3.8) is 0 Å². The highest BCUT2D eigenvalue weighted by Gasteiger charge is 2.46. The number of aromatic nitrogens is 5. The number of nitrogens with zero attached hydrogens (tertiary/aromatic N) is 7. The van der Waals surface area contributed by atoms with Crippen molar-refractivity contribution >= 4 is 58.2 Å². The second-order valence-electron chi connectivity index (χ2n) is 12.8. The summed E-state index contributed by atoms with van der Waals surface area (Å²) in [5.74, 6) is -1.33. The Morgan fingerprint density at radius 1 is 1.04 bits per heavy atom. The molecular formula is C37H37N11O6. The van der Waals surface area contributed by atoms with Gasteiger partial charge in [0, 0.05) is 62.9 Å². The molecule has 2 aliphatic heterocycles. The molecule has 0 aliphatic carbocycles. The monoisotopic (exact) mass is 731 g/mol. The molecule has 276 valence electrons. The molecule has 0 saturated carbocycles. The van der Waals surface area contributed by atoms with Crippen molar-refractivity contribution in [1.82, 2.24) is 39.9 Å². The molecule has 2 aliphatic rings. The van der Waals surface area contributed by atoms with Gasteiger partial charge in [0.2, 0.25) is 17.7 Å². The summed E-state index contributed by atoms with van der Waals surface area (Å²) >= 11 is 0. The number of rotatable bonds is 14. The van der Waals surface area contributed by atoms with Crippen LogP contribution in [0.15, 0.2) is 73.4 Å². The second-order valence-corrected chi connectivity index (χ2v) is 12.8. The van der Waals surface area contributed by atoms with Crippen molar-refractivity contribution in [2.45, 2.75) is 38.1 Å². The molecule has 0 spiro atoms. The normalized spacial score (nSPS) is 15.3. The SMILES string of the molecule is CN(CCNC(=O)CCCCOc1cccc2c1C(=O)N(C1CCC(=O)NC1=O)C2=O)c1ccc(Nc2nc(-c3cncc(N)n3)cn3ccnc23)cc1. The van der Waals surface area contributed by atoms with Crippen LogP contribution in [0.5, 0.6) is 5.75 Å². The van der Waals surface area contributed by atoms with Crippen LogP contribution in [0, 0.1) is 0 Å². The Morgan fingerprint density at radius 2 is 1.87 bits per heavy atom. The van der Waals surface area contributed by atoms with E-state index in [4.69, 9.17) is 15.5 Å². The number of amides is 5. The predicted molar refractivity (Wildman–Crippen MR) is 197 cm³/mol. The molecule has 0 radical (unpaired) electrons. The summed E-state index contributed by atoms with van der Waals surface area (Å²) in [6.45, 7) is 1.26. The van der Waals surface area contributed by atoms with E-state index < -0.39 is 29.7 Å². The zero-order valence-corrected chi connectivity index (χ0v) is 29.3. The fourth-order valence-corrected chi connectivity index (χ4v) is 6.33. The molecule has 2 aromatic carbocycles. The van der Waals surface area contributed by atoms with Crippen LogP contribution in [0.3, 0.4) is 0 Å². The summed E-state index contributed by atoms with van der Waals surface area (Å²) in [6.07, 6.45) is 9.91. The molecule has 1 fully saturated rings. The quantitative estimate of drug-likeness (QED) is 0.0955. The molecule has 1 unspecified atom stereocenters. The molecule has 3 aromatic heterocycles. The van der Waals surface area contributed by atoms with Crippen molar-refractivity contribution in [2.75, 3.05) is 42.7 Å². The van der Waals surface area contributed by atoms with Crippen LogP contribution in [0.1, 0.15) is 52.8 Å². The molecule has 17 heteroatoms. The van der Waals surface area contributed by atoms with E-state index >= 15 is 0 Å². The number of nitrogens with one attached hydrogen (secondary N) is 3. The van der Waals surface area contributed by atoms with E-state index in [0.717, 1.165) is 16.3 Å². The highest BCUT2D eigenvalue weighted by atomic mass is 16.5. The number of carbonyl (C=O) groups excluding carboxylic acids is 5.